The number of aryl methyl sites for hydroxylation is 1. The van der Waals surface area contributed by atoms with Gasteiger partial charge in [-0.2, -0.15) is 0 Å². The van der Waals surface area contributed by atoms with E-state index in [0.717, 1.165) is 24.8 Å². The summed E-state index contributed by atoms with van der Waals surface area (Å²) in [6, 6.07) is 7.30. The van der Waals surface area contributed by atoms with E-state index in [-0.39, 0.29) is 11.5 Å². The standard InChI is InChI=1S/C15H18N2O3/c1-20-14(18)10-4-2-3-9-13-16-12-8-6-5-7-11(12)15(19)17-13/h5-8H,2-4,9-10H2,1H3,(H,16,17,19). The molecule has 0 bridgehead atoms. The lowest BCUT2D eigenvalue weighted by Crippen LogP contribution is -2.11. The zero-order valence-electron chi connectivity index (χ0n) is 11.5. The predicted octanol–water partition coefficient (Wildman–Crippen LogP) is 2.20. The van der Waals surface area contributed by atoms with Gasteiger partial charge in [-0.1, -0.05) is 18.6 Å². The maximum Gasteiger partial charge on any atom is 0.305 e. The third-order valence-corrected chi connectivity index (χ3v) is 3.18. The summed E-state index contributed by atoms with van der Waals surface area (Å²) in [5.41, 5.74) is 0.626. The first kappa shape index (κ1) is 14.2. The molecule has 0 amide bonds. The van der Waals surface area contributed by atoms with Crippen LogP contribution in [0.5, 0.6) is 0 Å². The number of hydrogen-bond donors (Lipinski definition) is 1. The Morgan fingerprint density at radius 3 is 2.85 bits per heavy atom. The van der Waals surface area contributed by atoms with Gasteiger partial charge in [0.15, 0.2) is 0 Å². The summed E-state index contributed by atoms with van der Waals surface area (Å²) in [6.07, 6.45) is 3.74. The first-order valence-electron chi connectivity index (χ1n) is 6.75. The molecule has 0 spiro atoms. The molecule has 0 radical (unpaired) electrons. The van der Waals surface area contributed by atoms with Crippen molar-refractivity contribution in [2.24, 2.45) is 0 Å². The molecule has 1 N–H and O–H groups in total. The molecule has 0 aliphatic heterocycles. The molecule has 106 valence electrons. The van der Waals surface area contributed by atoms with E-state index in [0.29, 0.717) is 24.1 Å². The summed E-state index contributed by atoms with van der Waals surface area (Å²) < 4.78 is 4.58. The van der Waals surface area contributed by atoms with Gasteiger partial charge in [-0.25, -0.2) is 4.98 Å². The van der Waals surface area contributed by atoms with Gasteiger partial charge in [-0.15, -0.1) is 0 Å². The number of aromatic amines is 1. The van der Waals surface area contributed by atoms with Crippen molar-refractivity contribution in [3.63, 3.8) is 0 Å². The maximum absolute atomic E-state index is 11.9. The van der Waals surface area contributed by atoms with Gasteiger partial charge in [0.1, 0.15) is 5.82 Å². The van der Waals surface area contributed by atoms with Gasteiger partial charge in [0, 0.05) is 12.8 Å². The van der Waals surface area contributed by atoms with E-state index in [2.05, 4.69) is 14.7 Å². The number of nitrogens with one attached hydrogen (secondary N) is 1. The number of H-pyrrole nitrogens is 1. The number of para-hydroxylation sites is 1. The van der Waals surface area contributed by atoms with Crippen molar-refractivity contribution in [3.05, 3.63) is 40.4 Å². The monoisotopic (exact) mass is 274 g/mol. The number of nitrogens with zero attached hydrogens (tertiary/aromatic N) is 1. The van der Waals surface area contributed by atoms with Crippen molar-refractivity contribution in [3.8, 4) is 0 Å². The third-order valence-electron chi connectivity index (χ3n) is 3.18. The van der Waals surface area contributed by atoms with Crippen LogP contribution in [0.3, 0.4) is 0 Å². The lowest BCUT2D eigenvalue weighted by atomic mass is 10.1. The largest absolute Gasteiger partial charge is 0.469 e. The number of ether oxygens (including phenoxy) is 1. The highest BCUT2D eigenvalue weighted by atomic mass is 16.5. The highest BCUT2D eigenvalue weighted by Crippen LogP contribution is 2.08. The minimum absolute atomic E-state index is 0.0971. The molecule has 0 saturated carbocycles. The molecule has 1 aromatic heterocycles. The minimum Gasteiger partial charge on any atom is -0.469 e. The van der Waals surface area contributed by atoms with Crippen molar-refractivity contribution in [1.82, 2.24) is 9.97 Å². The number of esters is 1. The first-order valence-corrected chi connectivity index (χ1v) is 6.75. The normalized spacial score (nSPS) is 10.7. The average molecular weight is 274 g/mol. The summed E-state index contributed by atoms with van der Waals surface area (Å²) in [4.78, 5) is 30.1. The number of hydrogen-bond acceptors (Lipinski definition) is 4. The van der Waals surface area contributed by atoms with E-state index in [1.807, 2.05) is 18.2 Å². The number of carbonyl (C=O) groups excluding carboxylic acids is 1. The second-order valence-corrected chi connectivity index (χ2v) is 4.67. The lowest BCUT2D eigenvalue weighted by molar-refractivity contribution is -0.140. The van der Waals surface area contributed by atoms with Gasteiger partial charge in [-0.3, -0.25) is 9.59 Å². The van der Waals surface area contributed by atoms with Crippen LogP contribution in [-0.4, -0.2) is 23.0 Å². The van der Waals surface area contributed by atoms with Crippen LogP contribution >= 0.6 is 0 Å². The Morgan fingerprint density at radius 2 is 2.05 bits per heavy atom. The molecule has 0 saturated heterocycles. The molecule has 20 heavy (non-hydrogen) atoms. The number of unbranched alkanes of at least 4 members (excludes halogenated alkanes) is 2. The fourth-order valence-corrected chi connectivity index (χ4v) is 2.09. The molecule has 2 rings (SSSR count). The Hall–Kier alpha value is -2.17. The number of benzene rings is 1. The number of fused-ring (bicyclic) bond motifs is 1. The fourth-order valence-electron chi connectivity index (χ4n) is 2.09. The van der Waals surface area contributed by atoms with Crippen molar-refractivity contribution >= 4 is 16.9 Å². The zero-order chi connectivity index (χ0) is 14.4. The van der Waals surface area contributed by atoms with Gasteiger partial charge in [0.25, 0.3) is 5.56 Å². The molecule has 1 aromatic carbocycles. The van der Waals surface area contributed by atoms with Gasteiger partial charge >= 0.3 is 5.97 Å². The number of rotatable bonds is 6. The van der Waals surface area contributed by atoms with Crippen molar-refractivity contribution < 1.29 is 9.53 Å². The van der Waals surface area contributed by atoms with Crippen molar-refractivity contribution in [2.75, 3.05) is 7.11 Å². The Kier molecular flexibility index (Phi) is 4.87. The van der Waals surface area contributed by atoms with Gasteiger partial charge in [0.05, 0.1) is 18.0 Å². The summed E-state index contributed by atoms with van der Waals surface area (Å²) in [6.45, 7) is 0. The fraction of sp³-hybridized carbons (Fsp3) is 0.400. The highest BCUT2D eigenvalue weighted by molar-refractivity contribution is 5.77. The van der Waals surface area contributed by atoms with Crippen LogP contribution in [0.4, 0.5) is 0 Å². The van der Waals surface area contributed by atoms with E-state index in [1.165, 1.54) is 7.11 Å². The molecule has 5 heteroatoms. The van der Waals surface area contributed by atoms with E-state index in [1.54, 1.807) is 6.07 Å². The van der Waals surface area contributed by atoms with E-state index in [9.17, 15) is 9.59 Å². The van der Waals surface area contributed by atoms with Crippen LogP contribution in [-0.2, 0) is 16.0 Å². The summed E-state index contributed by atoms with van der Waals surface area (Å²) in [5, 5.41) is 0.613. The average Bonchev–Trinajstić information content (AvgIpc) is 2.46. The van der Waals surface area contributed by atoms with Gasteiger partial charge in [-0.05, 0) is 25.0 Å². The Bertz CT molecular complexity index is 649. The number of methoxy groups -OCH3 is 1. The predicted molar refractivity (Wildman–Crippen MR) is 76.6 cm³/mol. The zero-order valence-corrected chi connectivity index (χ0v) is 11.5. The topological polar surface area (TPSA) is 72.0 Å². The molecule has 0 aliphatic carbocycles. The highest BCUT2D eigenvalue weighted by Gasteiger charge is 2.04. The molecule has 2 aromatic rings. The maximum atomic E-state index is 11.9. The Labute approximate surface area is 117 Å². The van der Waals surface area contributed by atoms with Crippen LogP contribution < -0.4 is 5.56 Å². The van der Waals surface area contributed by atoms with Gasteiger partial charge in [0.2, 0.25) is 0 Å². The quantitative estimate of drug-likeness (QED) is 0.647. The van der Waals surface area contributed by atoms with Crippen LogP contribution in [0.25, 0.3) is 10.9 Å². The number of carbonyl (C=O) groups is 1. The molecule has 5 nitrogen and oxygen atoms in total. The summed E-state index contributed by atoms with van der Waals surface area (Å²) in [7, 11) is 1.39. The summed E-state index contributed by atoms with van der Waals surface area (Å²) >= 11 is 0. The van der Waals surface area contributed by atoms with Crippen molar-refractivity contribution in [2.45, 2.75) is 32.1 Å². The molecular formula is C15H18N2O3. The number of aromatic nitrogens is 2. The van der Waals surface area contributed by atoms with Crippen LogP contribution in [0.15, 0.2) is 29.1 Å². The molecule has 0 unspecified atom stereocenters. The van der Waals surface area contributed by atoms with Crippen LogP contribution in [0.1, 0.15) is 31.5 Å². The molecule has 1 heterocycles. The second kappa shape index (κ2) is 6.84. The van der Waals surface area contributed by atoms with E-state index < -0.39 is 0 Å². The van der Waals surface area contributed by atoms with Crippen LogP contribution in [0, 0.1) is 0 Å². The van der Waals surface area contributed by atoms with E-state index in [4.69, 9.17) is 0 Å². The Balaban J connectivity index is 1.91. The SMILES string of the molecule is COC(=O)CCCCCc1nc2ccccc2c(=O)[nH]1. The third kappa shape index (κ3) is 3.66. The smallest absolute Gasteiger partial charge is 0.305 e. The first-order chi connectivity index (χ1) is 9.70. The Morgan fingerprint density at radius 1 is 1.25 bits per heavy atom. The van der Waals surface area contributed by atoms with Gasteiger partial charge < -0.3 is 9.72 Å². The molecule has 0 atom stereocenters. The molecule has 0 aliphatic rings. The van der Waals surface area contributed by atoms with Crippen molar-refractivity contribution in [1.29, 1.82) is 0 Å². The minimum atomic E-state index is -0.178. The summed E-state index contributed by atoms with van der Waals surface area (Å²) in [5.74, 6) is 0.522. The molecule has 0 fully saturated rings. The molecular weight excluding hydrogens is 256 g/mol. The van der Waals surface area contributed by atoms with Crippen LogP contribution in [0.2, 0.25) is 0 Å². The second-order valence-electron chi connectivity index (χ2n) is 4.67. The lowest BCUT2D eigenvalue weighted by Gasteiger charge is -2.03. The van der Waals surface area contributed by atoms with E-state index >= 15 is 0 Å².